The Hall–Kier alpha value is 1.89. The third-order valence-electron chi connectivity index (χ3n) is 0.586. The zero-order valence-electron chi connectivity index (χ0n) is 8.00. The van der Waals surface area contributed by atoms with Gasteiger partial charge in [0, 0.05) is 0 Å². The fourth-order valence-electron chi connectivity index (χ4n) is 0. The van der Waals surface area contributed by atoms with E-state index in [1.54, 1.807) is 0 Å². The van der Waals surface area contributed by atoms with Gasteiger partial charge in [0.25, 0.3) is 0 Å². The molecule has 0 fully saturated rings. The number of halogens is 6. The summed E-state index contributed by atoms with van der Waals surface area (Å²) in [6.07, 6.45) is -3.81. The van der Waals surface area contributed by atoms with Gasteiger partial charge in [0.05, 0.1) is 0 Å². The molecule has 0 aromatic carbocycles. The molecule has 0 bridgehead atoms. The molecule has 0 rings (SSSR count). The summed E-state index contributed by atoms with van der Waals surface area (Å²) in [6, 6.07) is 0. The van der Waals surface area contributed by atoms with Gasteiger partial charge in [0.15, 0.2) is 12.6 Å². The Balaban J connectivity index is -0.000000196. The zero-order chi connectivity index (χ0) is 15.7. The lowest BCUT2D eigenvalue weighted by atomic mass is 10.8. The molecule has 0 heterocycles. The van der Waals surface area contributed by atoms with Crippen molar-refractivity contribution < 1.29 is 35.1 Å². The van der Waals surface area contributed by atoms with Crippen molar-refractivity contribution in [2.24, 2.45) is 0 Å². The molecule has 0 aliphatic carbocycles. The highest BCUT2D eigenvalue weighted by atomic mass is 35.6. The first kappa shape index (κ1) is 24.9. The number of aliphatic hydroxyl groups excluding tert-OH is 2. The van der Waals surface area contributed by atoms with E-state index < -0.39 is 28.8 Å². The van der Waals surface area contributed by atoms with Crippen molar-refractivity contribution in [1.29, 1.82) is 0 Å². The van der Waals surface area contributed by atoms with Crippen molar-refractivity contribution in [3.05, 3.63) is 0 Å². The van der Waals surface area contributed by atoms with Crippen LogP contribution in [0.25, 0.3) is 0 Å². The van der Waals surface area contributed by atoms with Gasteiger partial charge in [-0.05, 0) is 0 Å². The van der Waals surface area contributed by atoms with Crippen LogP contribution in [0.4, 0.5) is 0 Å². The van der Waals surface area contributed by atoms with Crippen molar-refractivity contribution in [1.82, 2.24) is 0 Å². The van der Waals surface area contributed by atoms with Gasteiger partial charge >= 0.3 is 8.60 Å². The van der Waals surface area contributed by atoms with Crippen molar-refractivity contribution in [3.8, 4) is 0 Å². The van der Waals surface area contributed by atoms with Crippen LogP contribution < -0.4 is 0 Å². The Morgan fingerprint density at radius 1 is 0.611 bits per heavy atom. The van der Waals surface area contributed by atoms with Crippen molar-refractivity contribution in [2.75, 3.05) is 0 Å². The molecule has 18 heavy (non-hydrogen) atoms. The van der Waals surface area contributed by atoms with Crippen molar-refractivity contribution in [2.45, 2.75) is 20.2 Å². The molecule has 0 saturated carbocycles. The van der Waals surface area contributed by atoms with Gasteiger partial charge in [-0.2, -0.15) is 0 Å². The Labute approximate surface area is 133 Å². The Morgan fingerprint density at radius 2 is 0.667 bits per heavy atom. The zero-order valence-corrected chi connectivity index (χ0v) is 13.4. The number of alkyl halides is 6. The summed E-state index contributed by atoms with van der Waals surface area (Å²) >= 11 is 29.4. The predicted octanol–water partition coefficient (Wildman–Crippen LogP) is 0.525. The normalized spacial score (nSPS) is 12.0. The lowest BCUT2D eigenvalue weighted by molar-refractivity contribution is -0.0361. The molecule has 0 aliphatic rings. The van der Waals surface area contributed by atoms with Crippen LogP contribution in [0.3, 0.4) is 0 Å². The second kappa shape index (κ2) is 11.5. The monoisotopic (exact) mass is 410 g/mol. The van der Waals surface area contributed by atoms with E-state index in [9.17, 15) is 0 Å². The average molecular weight is 413 g/mol. The van der Waals surface area contributed by atoms with E-state index in [-0.39, 0.29) is 0 Å². The van der Waals surface area contributed by atoms with Gasteiger partial charge in [-0.15, -0.1) is 0 Å². The third-order valence-corrected chi connectivity index (χ3v) is 1.76. The largest absolute Gasteiger partial charge is 0.365 e. The molecule has 0 saturated heterocycles. The lowest BCUT2D eigenvalue weighted by Gasteiger charge is -2.10. The highest BCUT2D eigenvalue weighted by Crippen LogP contribution is 2.28. The van der Waals surface area contributed by atoms with E-state index in [1.165, 1.54) is 0 Å². The van der Waals surface area contributed by atoms with Crippen LogP contribution in [0.5, 0.6) is 0 Å². The van der Waals surface area contributed by atoms with Crippen LogP contribution in [-0.2, 0) is 0 Å². The van der Waals surface area contributed by atoms with Gasteiger partial charge in [-0.1, -0.05) is 69.6 Å². The van der Waals surface area contributed by atoms with Crippen molar-refractivity contribution in [3.63, 3.8) is 0 Å². The number of rotatable bonds is 0. The summed E-state index contributed by atoms with van der Waals surface area (Å²) in [6.45, 7) is 0. The van der Waals surface area contributed by atoms with E-state index in [4.69, 9.17) is 105 Å². The summed E-state index contributed by atoms with van der Waals surface area (Å²) in [5.74, 6) is 0. The first-order chi connectivity index (χ1) is 7.62. The molecule has 0 radical (unpaired) electrons. The molecule has 114 valence electrons. The van der Waals surface area contributed by atoms with Crippen LogP contribution in [0.1, 0.15) is 0 Å². The highest BCUT2D eigenvalue weighted by Gasteiger charge is 2.28. The highest BCUT2D eigenvalue weighted by molar-refractivity contribution is 7.38. The topological polar surface area (TPSA) is 142 Å². The standard InChI is InChI=1S/2C2H3Cl3O2.H3O3P/c2*3-2(4,5)1(6)7;1-4(2)3/h2*1,6-7H;1-3H. The first-order valence-electron chi connectivity index (χ1n) is 3.34. The van der Waals surface area contributed by atoms with Crippen LogP contribution >= 0.6 is 78.2 Å². The molecular formula is C4H9Cl6O7P. The number of aliphatic hydroxyl groups is 4. The predicted molar refractivity (Wildman–Crippen MR) is 70.6 cm³/mol. The minimum atomic E-state index is -2.62. The maximum Gasteiger partial charge on any atom is 0.324 e. The van der Waals surface area contributed by atoms with Crippen LogP contribution in [0.15, 0.2) is 0 Å². The van der Waals surface area contributed by atoms with E-state index in [2.05, 4.69) is 0 Å². The van der Waals surface area contributed by atoms with Crippen LogP contribution in [0.2, 0.25) is 0 Å². The second-order valence-electron chi connectivity index (χ2n) is 2.10. The molecule has 7 N–H and O–H groups in total. The second-order valence-corrected chi connectivity index (χ2v) is 7.37. The summed E-state index contributed by atoms with van der Waals surface area (Å²) in [4.78, 5) is 21.7. The summed E-state index contributed by atoms with van der Waals surface area (Å²) in [5.41, 5.74) is 0. The maximum atomic E-state index is 8.05. The summed E-state index contributed by atoms with van der Waals surface area (Å²) in [7, 11) is -2.62. The molecule has 0 atom stereocenters. The summed E-state index contributed by atoms with van der Waals surface area (Å²) < 4.78 is -3.94. The lowest BCUT2D eigenvalue weighted by Crippen LogP contribution is -2.23. The smallest absolute Gasteiger partial charge is 0.324 e. The molecule has 0 aromatic heterocycles. The average Bonchev–Trinajstić information content (AvgIpc) is 1.99. The number of hydrogen-bond donors (Lipinski definition) is 7. The summed E-state index contributed by atoms with van der Waals surface area (Å²) in [5, 5.41) is 32.2. The number of hydrogen-bond acceptors (Lipinski definition) is 7. The van der Waals surface area contributed by atoms with Gasteiger partial charge in [0.1, 0.15) is 0 Å². The molecule has 0 aromatic rings. The van der Waals surface area contributed by atoms with Gasteiger partial charge in [0.2, 0.25) is 7.59 Å². The molecule has 0 aliphatic heterocycles. The van der Waals surface area contributed by atoms with E-state index in [0.29, 0.717) is 0 Å². The first-order valence-corrected chi connectivity index (χ1v) is 6.81. The molecule has 0 spiro atoms. The van der Waals surface area contributed by atoms with E-state index >= 15 is 0 Å². The Bertz CT molecular complexity index is 171. The van der Waals surface area contributed by atoms with Crippen molar-refractivity contribution >= 4 is 78.2 Å². The van der Waals surface area contributed by atoms with Gasteiger partial charge in [-0.25, -0.2) is 0 Å². The third kappa shape index (κ3) is 26.5. The van der Waals surface area contributed by atoms with E-state index in [1.807, 2.05) is 0 Å². The van der Waals surface area contributed by atoms with Crippen LogP contribution in [0, 0.1) is 0 Å². The fourth-order valence-corrected chi connectivity index (χ4v) is 0. The molecular weight excluding hydrogens is 404 g/mol. The van der Waals surface area contributed by atoms with Gasteiger partial charge in [-0.3, -0.25) is 0 Å². The maximum absolute atomic E-state index is 8.05. The fraction of sp³-hybridized carbons (Fsp3) is 1.00. The SMILES string of the molecule is OC(O)C(Cl)(Cl)Cl.OC(O)C(Cl)(Cl)Cl.OP(O)O. The Kier molecular flexibility index (Phi) is 15.9. The molecule has 0 unspecified atom stereocenters. The van der Waals surface area contributed by atoms with Crippen LogP contribution in [-0.4, -0.2) is 55.3 Å². The minimum absolute atomic E-state index is 1.91. The molecule has 0 amide bonds. The minimum Gasteiger partial charge on any atom is -0.365 e. The van der Waals surface area contributed by atoms with Gasteiger partial charge < -0.3 is 35.1 Å². The molecule has 7 nitrogen and oxygen atoms in total. The van der Waals surface area contributed by atoms with E-state index in [0.717, 1.165) is 0 Å². The molecule has 14 heteroatoms. The Morgan fingerprint density at radius 3 is 0.667 bits per heavy atom. The quantitative estimate of drug-likeness (QED) is 0.175.